The molecule has 3 aliphatic rings. The van der Waals surface area contributed by atoms with E-state index in [1.54, 1.807) is 27.7 Å². The van der Waals surface area contributed by atoms with Crippen molar-refractivity contribution in [2.45, 2.75) is 190 Å². The molecule has 0 aliphatic carbocycles. The van der Waals surface area contributed by atoms with Gasteiger partial charge in [-0.15, -0.1) is 4.52 Å². The molecular weight excluding hydrogens is 1310 g/mol. The number of thiol groups is 1. The lowest BCUT2D eigenvalue weighted by Gasteiger charge is -2.42. The number of nitrogens with one attached hydrogen (secondary N) is 8. The zero-order valence-corrected chi connectivity index (χ0v) is 56.2. The van der Waals surface area contributed by atoms with Crippen LogP contribution in [0.1, 0.15) is 80.6 Å². The van der Waals surface area contributed by atoms with E-state index in [1.165, 1.54) is 20.8 Å². The van der Waals surface area contributed by atoms with Gasteiger partial charge in [0.1, 0.15) is 103 Å². The highest BCUT2D eigenvalue weighted by Crippen LogP contribution is 2.34. The van der Waals surface area contributed by atoms with E-state index in [0.29, 0.717) is 0 Å². The number of hydrogen-bond donors (Lipinski definition) is 18. The number of ether oxygens (including phenoxy) is 10. The van der Waals surface area contributed by atoms with E-state index in [2.05, 4.69) is 54.8 Å². The summed E-state index contributed by atoms with van der Waals surface area (Å²) in [6.07, 6.45) is -18.2. The number of hydrogen-bond acceptors (Lipinski definition) is 29. The van der Waals surface area contributed by atoms with Crippen molar-refractivity contribution in [3.05, 3.63) is 0 Å². The van der Waals surface area contributed by atoms with Gasteiger partial charge in [0, 0.05) is 59.7 Å². The van der Waals surface area contributed by atoms with Crippen molar-refractivity contribution in [3.63, 3.8) is 0 Å². The second kappa shape index (κ2) is 43.7. The van der Waals surface area contributed by atoms with Crippen LogP contribution in [-0.2, 0) is 94.8 Å². The first-order chi connectivity index (χ1) is 44.8. The molecule has 548 valence electrons. The van der Waals surface area contributed by atoms with Gasteiger partial charge in [-0.05, 0) is 36.7 Å². The Hall–Kier alpha value is -4.59. The van der Waals surface area contributed by atoms with E-state index in [-0.39, 0.29) is 118 Å². The van der Waals surface area contributed by atoms with Gasteiger partial charge in [-0.25, -0.2) is 0 Å². The maximum atomic E-state index is 13.8. The lowest BCUT2D eigenvalue weighted by Crippen LogP contribution is -2.64. The Bertz CT molecular complexity index is 2400. The topological polar surface area (TPSA) is 533 Å². The molecular formula is C56H100N8O29PS+. The van der Waals surface area contributed by atoms with E-state index in [9.17, 15) is 88.9 Å². The van der Waals surface area contributed by atoms with Crippen LogP contribution < -0.4 is 42.5 Å². The van der Waals surface area contributed by atoms with Gasteiger partial charge in [-0.3, -0.25) is 38.4 Å². The minimum absolute atomic E-state index is 0.0116. The summed E-state index contributed by atoms with van der Waals surface area (Å²) in [7, 11) is -2.25. The SMILES string of the molecule is CC(=O)NC1C(OCCOCCNC(=O)CCC(NC(=O)CCC(NC(=O)CC(C)(C)COCC(C)(C)O[P+](=O)S)C(=O)NCCOCCOC2OC(CO)C(O)C(O)C2NC(C)=O)C(=O)NCCOCCOC2OC(CO)C(O)C(O)C2NC(C)=O)OC(CO)C(O)C1O. The minimum Gasteiger partial charge on any atom is -0.394 e. The van der Waals surface area contributed by atoms with Gasteiger partial charge < -0.3 is 136 Å². The van der Waals surface area contributed by atoms with Crippen LogP contribution in [0.4, 0.5) is 0 Å². The van der Waals surface area contributed by atoms with Gasteiger partial charge in [0.05, 0.1) is 92.5 Å². The van der Waals surface area contributed by atoms with Crippen LogP contribution in [-0.4, -0.2) is 315 Å². The molecule has 0 spiro atoms. The van der Waals surface area contributed by atoms with Crippen molar-refractivity contribution < 1.29 is 141 Å². The number of aliphatic hydroxyl groups is 9. The van der Waals surface area contributed by atoms with Crippen LogP contribution in [0.2, 0.25) is 0 Å². The zero-order chi connectivity index (χ0) is 71.0. The molecule has 39 heteroatoms. The molecule has 3 aliphatic heterocycles. The van der Waals surface area contributed by atoms with E-state index in [4.69, 9.17) is 51.9 Å². The van der Waals surface area contributed by atoms with Gasteiger partial charge in [0.15, 0.2) is 18.9 Å². The molecule has 0 aromatic heterocycles. The third kappa shape index (κ3) is 31.4. The number of aliphatic hydroxyl groups excluding tert-OH is 9. The molecule has 0 radical (unpaired) electrons. The minimum atomic E-state index is -2.25. The third-order valence-electron chi connectivity index (χ3n) is 14.5. The summed E-state index contributed by atoms with van der Waals surface area (Å²) in [6, 6.07) is -6.29. The molecule has 0 bridgehead atoms. The normalized spacial score (nSPS) is 27.0. The summed E-state index contributed by atoms with van der Waals surface area (Å²) in [5, 5.41) is 112. The third-order valence-corrected chi connectivity index (χ3v) is 15.4. The Labute approximate surface area is 556 Å². The summed E-state index contributed by atoms with van der Waals surface area (Å²) < 4.78 is 72.9. The molecule has 0 aromatic rings. The van der Waals surface area contributed by atoms with Crippen LogP contribution >= 0.6 is 19.5 Å². The Kier molecular flexibility index (Phi) is 39.0. The van der Waals surface area contributed by atoms with Crippen molar-refractivity contribution >= 4 is 66.7 Å². The van der Waals surface area contributed by atoms with Gasteiger partial charge in [0.25, 0.3) is 0 Å². The maximum absolute atomic E-state index is 13.8. The number of rotatable bonds is 45. The second-order valence-electron chi connectivity index (χ2n) is 23.9. The Balaban J connectivity index is 1.68. The molecule has 18 atom stereocenters. The standard InChI is InChI=1S/C56H99N8O29PS/c1-30(68)60-41-47(77)44(74)35(25-65)90-52(41)87-21-18-83-15-12-57-38(71)10-8-33(50(80)58-13-16-84-19-22-88-53-42(61-31(2)69)48(78)45(75)36(26-66)91-53)63-39(72)11-9-34(64-40(73)24-55(4,5)28-86-29-56(6,7)93-94(82)95)51(81)59-14-17-85-20-23-89-54-43(62-32(3)70)49(79)46(76)37(27-67)92-54/h33-37,41-49,52-54,65-67,74-79H,8-29H2,1-7H3,(H8-,57,58,59,60,61,62,63,64,68,69,70,71,72,73,80,81,82,95)/p+1. The van der Waals surface area contributed by atoms with E-state index in [0.717, 1.165) is 0 Å². The molecule has 95 heavy (non-hydrogen) atoms. The van der Waals surface area contributed by atoms with Gasteiger partial charge in [0.2, 0.25) is 47.3 Å². The fraction of sp³-hybridized carbons (Fsp3) is 0.857. The zero-order valence-electron chi connectivity index (χ0n) is 54.5. The summed E-state index contributed by atoms with van der Waals surface area (Å²) in [6.45, 7) is 6.94. The van der Waals surface area contributed by atoms with Crippen molar-refractivity contribution in [2.24, 2.45) is 5.41 Å². The van der Waals surface area contributed by atoms with Gasteiger partial charge in [-0.1, -0.05) is 13.8 Å². The second-order valence-corrected chi connectivity index (χ2v) is 25.6. The van der Waals surface area contributed by atoms with Gasteiger partial charge >= 0.3 is 7.23 Å². The highest BCUT2D eigenvalue weighted by Gasteiger charge is 2.48. The molecule has 3 heterocycles. The summed E-state index contributed by atoms with van der Waals surface area (Å²) in [4.78, 5) is 104. The highest BCUT2D eigenvalue weighted by atomic mass is 32.7. The Morgan fingerprint density at radius 2 is 0.821 bits per heavy atom. The quantitative estimate of drug-likeness (QED) is 0.0153. The first-order valence-electron chi connectivity index (χ1n) is 30.9. The highest BCUT2D eigenvalue weighted by molar-refractivity contribution is 8.39. The molecule has 8 amide bonds. The largest absolute Gasteiger partial charge is 0.582 e. The fourth-order valence-corrected chi connectivity index (χ4v) is 10.9. The van der Waals surface area contributed by atoms with Crippen LogP contribution in [0, 0.1) is 5.41 Å². The average molecular weight is 1410 g/mol. The molecule has 0 aromatic carbocycles. The maximum Gasteiger partial charge on any atom is 0.582 e. The van der Waals surface area contributed by atoms with E-state index in [1.807, 2.05) is 0 Å². The number of carbonyl (C=O) groups excluding carboxylic acids is 8. The Morgan fingerprint density at radius 1 is 0.474 bits per heavy atom. The monoisotopic (exact) mass is 1410 g/mol. The lowest BCUT2D eigenvalue weighted by molar-refractivity contribution is -0.272. The smallest absolute Gasteiger partial charge is 0.394 e. The first-order valence-corrected chi connectivity index (χ1v) is 33.3. The molecule has 3 saturated heterocycles. The molecule has 3 fully saturated rings. The molecule has 17 N–H and O–H groups in total. The van der Waals surface area contributed by atoms with E-state index >= 15 is 0 Å². The van der Waals surface area contributed by atoms with Crippen LogP contribution in [0.25, 0.3) is 0 Å². The predicted molar refractivity (Wildman–Crippen MR) is 329 cm³/mol. The van der Waals surface area contributed by atoms with Crippen LogP contribution in [0.15, 0.2) is 0 Å². The Morgan fingerprint density at radius 3 is 1.17 bits per heavy atom. The van der Waals surface area contributed by atoms with Crippen LogP contribution in [0.3, 0.4) is 0 Å². The lowest BCUT2D eigenvalue weighted by atomic mass is 9.89. The molecule has 3 rings (SSSR count). The fourth-order valence-electron chi connectivity index (χ4n) is 9.80. The molecule has 0 saturated carbocycles. The predicted octanol–water partition coefficient (Wildman–Crippen LogP) is -7.39. The van der Waals surface area contributed by atoms with Gasteiger partial charge in [-0.2, -0.15) is 0 Å². The average Bonchev–Trinajstić information content (AvgIpc) is 0.830. The number of amides is 8. The summed E-state index contributed by atoms with van der Waals surface area (Å²) in [5.74, 6) is -5.09. The van der Waals surface area contributed by atoms with E-state index < -0.39 is 196 Å². The molecule has 18 unspecified atom stereocenters. The molecule has 37 nitrogen and oxygen atoms in total. The number of carbonyl (C=O) groups is 8. The van der Waals surface area contributed by atoms with Crippen LogP contribution in [0.5, 0.6) is 0 Å². The summed E-state index contributed by atoms with van der Waals surface area (Å²) >= 11 is 3.79. The van der Waals surface area contributed by atoms with Crippen molar-refractivity contribution in [1.29, 1.82) is 0 Å². The van der Waals surface area contributed by atoms with Crippen molar-refractivity contribution in [2.75, 3.05) is 112 Å². The van der Waals surface area contributed by atoms with Crippen molar-refractivity contribution in [3.8, 4) is 0 Å². The van der Waals surface area contributed by atoms with Crippen molar-refractivity contribution in [1.82, 2.24) is 42.5 Å². The first kappa shape index (κ1) is 84.6. The summed E-state index contributed by atoms with van der Waals surface area (Å²) in [5.41, 5.74) is -1.83.